The van der Waals surface area contributed by atoms with Crippen molar-refractivity contribution in [2.45, 2.75) is 6.42 Å². The Balaban J connectivity index is 2.27. The summed E-state index contributed by atoms with van der Waals surface area (Å²) in [6, 6.07) is 2.94. The molecule has 6 heteroatoms. The predicted octanol–water partition coefficient (Wildman–Crippen LogP) is 1.50. The Labute approximate surface area is 107 Å². The first kappa shape index (κ1) is 12.2. The number of rotatable bonds is 1. The van der Waals surface area contributed by atoms with Crippen molar-refractivity contribution in [3.63, 3.8) is 0 Å². The molecule has 1 aromatic rings. The van der Waals surface area contributed by atoms with Crippen LogP contribution in [0.2, 0.25) is 0 Å². The Morgan fingerprint density at radius 2 is 2.18 bits per heavy atom. The van der Waals surface area contributed by atoms with E-state index >= 15 is 0 Å². The van der Waals surface area contributed by atoms with Gasteiger partial charge < -0.3 is 16.0 Å². The minimum absolute atomic E-state index is 0.0345. The number of halogens is 2. The van der Waals surface area contributed by atoms with E-state index in [2.05, 4.69) is 21.2 Å². The number of hydrogen-bond acceptors (Lipinski definition) is 3. The molecule has 1 fully saturated rings. The Kier molecular flexibility index (Phi) is 3.51. The van der Waals surface area contributed by atoms with Gasteiger partial charge in [0.1, 0.15) is 5.82 Å². The van der Waals surface area contributed by atoms with Crippen molar-refractivity contribution in [3.8, 4) is 0 Å². The number of carbonyl (C=O) groups is 1. The van der Waals surface area contributed by atoms with Crippen LogP contribution in [0.25, 0.3) is 0 Å². The van der Waals surface area contributed by atoms with E-state index in [1.807, 2.05) is 4.90 Å². The van der Waals surface area contributed by atoms with Crippen molar-refractivity contribution in [2.75, 3.05) is 30.3 Å². The van der Waals surface area contributed by atoms with Gasteiger partial charge in [0.2, 0.25) is 5.91 Å². The molecule has 4 nitrogen and oxygen atoms in total. The molecule has 3 N–H and O–H groups in total. The maximum atomic E-state index is 13.3. The first-order valence-corrected chi connectivity index (χ1v) is 6.13. The van der Waals surface area contributed by atoms with Crippen molar-refractivity contribution < 1.29 is 9.18 Å². The number of nitrogen functional groups attached to an aromatic ring is 1. The van der Waals surface area contributed by atoms with Crippen molar-refractivity contribution in [3.05, 3.63) is 22.4 Å². The van der Waals surface area contributed by atoms with E-state index in [4.69, 9.17) is 5.73 Å². The van der Waals surface area contributed by atoms with Crippen LogP contribution >= 0.6 is 15.9 Å². The molecule has 1 aliphatic heterocycles. The Hall–Kier alpha value is -1.30. The predicted molar refractivity (Wildman–Crippen MR) is 68.4 cm³/mol. The maximum Gasteiger partial charge on any atom is 0.221 e. The normalized spacial score (nSPS) is 16.6. The highest BCUT2D eigenvalue weighted by Gasteiger charge is 2.17. The fourth-order valence-corrected chi connectivity index (χ4v) is 2.16. The number of amides is 1. The van der Waals surface area contributed by atoms with Gasteiger partial charge in [-0.15, -0.1) is 0 Å². The lowest BCUT2D eigenvalue weighted by atomic mass is 10.2. The maximum absolute atomic E-state index is 13.3. The summed E-state index contributed by atoms with van der Waals surface area (Å²) in [5.74, 6) is -0.345. The summed E-state index contributed by atoms with van der Waals surface area (Å²) < 4.78 is 13.6. The molecule has 0 bridgehead atoms. The van der Waals surface area contributed by atoms with Crippen LogP contribution in [0.15, 0.2) is 16.6 Å². The molecular formula is C11H13BrFN3O. The minimum Gasteiger partial charge on any atom is -0.397 e. The van der Waals surface area contributed by atoms with Gasteiger partial charge in [-0.05, 0) is 22.0 Å². The van der Waals surface area contributed by atoms with Gasteiger partial charge in [0.05, 0.1) is 15.8 Å². The SMILES string of the molecule is Nc1cc(F)c(Br)cc1N1CCNC(=O)CC1. The number of anilines is 2. The fraction of sp³-hybridized carbons (Fsp3) is 0.364. The largest absolute Gasteiger partial charge is 0.397 e. The highest BCUT2D eigenvalue weighted by molar-refractivity contribution is 9.10. The van der Waals surface area contributed by atoms with Crippen LogP contribution in [0, 0.1) is 5.82 Å². The smallest absolute Gasteiger partial charge is 0.221 e. The Morgan fingerprint density at radius 1 is 1.41 bits per heavy atom. The van der Waals surface area contributed by atoms with E-state index in [-0.39, 0.29) is 11.7 Å². The van der Waals surface area contributed by atoms with Gasteiger partial charge >= 0.3 is 0 Å². The van der Waals surface area contributed by atoms with Crippen LogP contribution in [-0.2, 0) is 4.79 Å². The van der Waals surface area contributed by atoms with Crippen LogP contribution in [0.4, 0.5) is 15.8 Å². The molecule has 0 spiro atoms. The zero-order valence-electron chi connectivity index (χ0n) is 9.17. The van der Waals surface area contributed by atoms with Gasteiger partial charge in [-0.1, -0.05) is 0 Å². The molecule has 1 heterocycles. The molecule has 0 aromatic heterocycles. The second-order valence-electron chi connectivity index (χ2n) is 3.91. The number of benzene rings is 1. The zero-order valence-corrected chi connectivity index (χ0v) is 10.8. The van der Waals surface area contributed by atoms with Crippen molar-refractivity contribution in [1.29, 1.82) is 0 Å². The standard InChI is InChI=1S/C11H13BrFN3O/c12-7-5-10(9(14)6-8(7)13)16-3-1-11(17)15-2-4-16/h5-6H,1-4,14H2,(H,15,17). The van der Waals surface area contributed by atoms with E-state index in [0.29, 0.717) is 36.2 Å². The summed E-state index contributed by atoms with van der Waals surface area (Å²) in [6.07, 6.45) is 0.425. The highest BCUT2D eigenvalue weighted by Crippen LogP contribution is 2.30. The highest BCUT2D eigenvalue weighted by atomic mass is 79.9. The van der Waals surface area contributed by atoms with Gasteiger partial charge in [0.15, 0.2) is 0 Å². The average molecular weight is 302 g/mol. The fourth-order valence-electron chi connectivity index (χ4n) is 1.83. The molecule has 1 saturated heterocycles. The third kappa shape index (κ3) is 2.69. The van der Waals surface area contributed by atoms with E-state index in [1.54, 1.807) is 6.07 Å². The Bertz CT molecular complexity index is 453. The van der Waals surface area contributed by atoms with Crippen molar-refractivity contribution in [2.24, 2.45) is 0 Å². The van der Waals surface area contributed by atoms with Crippen LogP contribution in [-0.4, -0.2) is 25.5 Å². The lowest BCUT2D eigenvalue weighted by molar-refractivity contribution is -0.120. The summed E-state index contributed by atoms with van der Waals surface area (Å²) in [5, 5.41) is 2.78. The van der Waals surface area contributed by atoms with Gasteiger partial charge in [-0.3, -0.25) is 4.79 Å². The molecule has 0 saturated carbocycles. The minimum atomic E-state index is -0.379. The summed E-state index contributed by atoms with van der Waals surface area (Å²) in [6.45, 7) is 1.84. The van der Waals surface area contributed by atoms with Crippen LogP contribution in [0.5, 0.6) is 0 Å². The molecule has 0 aliphatic carbocycles. The molecule has 2 rings (SSSR count). The summed E-state index contributed by atoms with van der Waals surface area (Å²) in [7, 11) is 0. The molecule has 92 valence electrons. The third-order valence-corrected chi connectivity index (χ3v) is 3.33. The molecular weight excluding hydrogens is 289 g/mol. The number of nitrogens with one attached hydrogen (secondary N) is 1. The molecule has 0 radical (unpaired) electrons. The first-order valence-electron chi connectivity index (χ1n) is 5.34. The average Bonchev–Trinajstić information content (AvgIpc) is 2.49. The summed E-state index contributed by atoms with van der Waals surface area (Å²) in [4.78, 5) is 13.2. The van der Waals surface area contributed by atoms with E-state index in [9.17, 15) is 9.18 Å². The van der Waals surface area contributed by atoms with Crippen LogP contribution in [0.3, 0.4) is 0 Å². The lowest BCUT2D eigenvalue weighted by Crippen LogP contribution is -2.29. The van der Waals surface area contributed by atoms with Crippen LogP contribution < -0.4 is 16.0 Å². The van der Waals surface area contributed by atoms with Gasteiger partial charge in [-0.25, -0.2) is 4.39 Å². The zero-order chi connectivity index (χ0) is 12.4. The topological polar surface area (TPSA) is 58.4 Å². The second kappa shape index (κ2) is 4.91. The third-order valence-electron chi connectivity index (χ3n) is 2.72. The number of nitrogens with two attached hydrogens (primary N) is 1. The van der Waals surface area contributed by atoms with Crippen molar-refractivity contribution >= 4 is 33.2 Å². The molecule has 1 aromatic carbocycles. The van der Waals surface area contributed by atoms with E-state index in [0.717, 1.165) is 5.69 Å². The number of nitrogens with zero attached hydrogens (tertiary/aromatic N) is 1. The number of carbonyl (C=O) groups excluding carboxylic acids is 1. The quantitative estimate of drug-likeness (QED) is 0.773. The number of hydrogen-bond donors (Lipinski definition) is 2. The van der Waals surface area contributed by atoms with Crippen molar-refractivity contribution in [1.82, 2.24) is 5.32 Å². The lowest BCUT2D eigenvalue weighted by Gasteiger charge is -2.23. The molecule has 0 unspecified atom stereocenters. The summed E-state index contributed by atoms with van der Waals surface area (Å²) >= 11 is 3.14. The second-order valence-corrected chi connectivity index (χ2v) is 4.77. The summed E-state index contributed by atoms with van der Waals surface area (Å²) in [5.41, 5.74) is 6.95. The van der Waals surface area contributed by atoms with E-state index < -0.39 is 0 Å². The van der Waals surface area contributed by atoms with Crippen LogP contribution in [0.1, 0.15) is 6.42 Å². The molecule has 1 aliphatic rings. The Morgan fingerprint density at radius 3 is 2.94 bits per heavy atom. The van der Waals surface area contributed by atoms with E-state index in [1.165, 1.54) is 6.07 Å². The monoisotopic (exact) mass is 301 g/mol. The molecule has 17 heavy (non-hydrogen) atoms. The molecule has 0 atom stereocenters. The van der Waals surface area contributed by atoms with Gasteiger partial charge in [0, 0.05) is 32.1 Å². The van der Waals surface area contributed by atoms with Gasteiger partial charge in [-0.2, -0.15) is 0 Å². The van der Waals surface area contributed by atoms with Gasteiger partial charge in [0.25, 0.3) is 0 Å². The first-order chi connectivity index (χ1) is 8.08. The molecule has 1 amide bonds.